The number of rotatable bonds is 5. The second-order valence-electron chi connectivity index (χ2n) is 5.53. The second kappa shape index (κ2) is 7.78. The molecule has 0 radical (unpaired) electrons. The van der Waals surface area contributed by atoms with Gasteiger partial charge in [0.15, 0.2) is 5.76 Å². The van der Waals surface area contributed by atoms with Crippen LogP contribution in [0.4, 0.5) is 17.6 Å². The Morgan fingerprint density at radius 2 is 1.73 bits per heavy atom. The van der Waals surface area contributed by atoms with Crippen molar-refractivity contribution in [1.29, 1.82) is 0 Å². The molecule has 0 amide bonds. The lowest BCUT2D eigenvalue weighted by molar-refractivity contribution is -0.137. The molecule has 8 heteroatoms. The van der Waals surface area contributed by atoms with Crippen molar-refractivity contribution in [3.63, 3.8) is 0 Å². The summed E-state index contributed by atoms with van der Waals surface area (Å²) in [6.45, 7) is 0. The Morgan fingerprint density at radius 3 is 2.23 bits per heavy atom. The fraction of sp³-hybridized carbons (Fsp3) is 0.167. The number of benzene rings is 2. The number of hydrogen-bond donors (Lipinski definition) is 0. The van der Waals surface area contributed by atoms with Crippen LogP contribution in [0, 0.1) is 5.82 Å². The number of ketones is 1. The lowest BCUT2D eigenvalue weighted by Crippen LogP contribution is -2.15. The molecule has 0 saturated heterocycles. The third-order valence-corrected chi connectivity index (χ3v) is 3.42. The van der Waals surface area contributed by atoms with E-state index in [4.69, 9.17) is 16.3 Å². The Hall–Kier alpha value is -2.54. The summed E-state index contributed by atoms with van der Waals surface area (Å²) in [4.78, 5) is 14.1. The minimum absolute atomic E-state index is 0.00817. The van der Waals surface area contributed by atoms with Crippen molar-refractivity contribution in [3.05, 3.63) is 76.4 Å². The van der Waals surface area contributed by atoms with Gasteiger partial charge in [0.05, 0.1) is 11.1 Å². The van der Waals surface area contributed by atoms with Gasteiger partial charge in [-0.25, -0.2) is 4.39 Å². The van der Waals surface area contributed by atoms with Crippen LogP contribution in [0.15, 0.2) is 54.4 Å². The van der Waals surface area contributed by atoms with Crippen molar-refractivity contribution < 1.29 is 27.1 Å². The molecule has 0 aliphatic rings. The highest BCUT2D eigenvalue weighted by molar-refractivity contribution is 6.30. The van der Waals surface area contributed by atoms with E-state index in [2.05, 4.69) is 0 Å². The maximum Gasteiger partial charge on any atom is 0.416 e. The van der Waals surface area contributed by atoms with Crippen molar-refractivity contribution in [3.8, 4) is 5.75 Å². The van der Waals surface area contributed by atoms with Gasteiger partial charge in [0.2, 0.25) is 5.78 Å². The van der Waals surface area contributed by atoms with Crippen molar-refractivity contribution in [1.82, 2.24) is 4.90 Å². The van der Waals surface area contributed by atoms with Crippen LogP contribution in [-0.2, 0) is 6.18 Å². The molecule has 0 fully saturated rings. The Balaban J connectivity index is 2.32. The largest absolute Gasteiger partial charge is 0.452 e. The van der Waals surface area contributed by atoms with E-state index < -0.39 is 23.3 Å². The van der Waals surface area contributed by atoms with Gasteiger partial charge in [-0.05, 0) is 42.5 Å². The highest BCUT2D eigenvalue weighted by atomic mass is 35.5. The van der Waals surface area contributed by atoms with E-state index in [1.807, 2.05) is 0 Å². The minimum Gasteiger partial charge on any atom is -0.452 e. The number of carbonyl (C=O) groups is 1. The van der Waals surface area contributed by atoms with E-state index in [-0.39, 0.29) is 22.1 Å². The third kappa shape index (κ3) is 4.98. The lowest BCUT2D eigenvalue weighted by atomic mass is 10.1. The molecule has 2 aromatic rings. The van der Waals surface area contributed by atoms with Gasteiger partial charge in [-0.1, -0.05) is 11.6 Å². The number of allylic oxidation sites excluding steroid dienone is 1. The van der Waals surface area contributed by atoms with E-state index in [0.29, 0.717) is 0 Å². The Kier molecular flexibility index (Phi) is 5.92. The third-order valence-electron chi connectivity index (χ3n) is 3.18. The van der Waals surface area contributed by atoms with E-state index in [1.165, 1.54) is 23.2 Å². The first-order chi connectivity index (χ1) is 12.1. The Labute approximate surface area is 152 Å². The number of carbonyl (C=O) groups excluding carboxylic acids is 1. The predicted octanol–water partition coefficient (Wildman–Crippen LogP) is 5.16. The molecule has 3 nitrogen and oxygen atoms in total. The molecule has 0 unspecified atom stereocenters. The molecule has 0 aliphatic carbocycles. The monoisotopic (exact) mass is 387 g/mol. The fourth-order valence-electron chi connectivity index (χ4n) is 2.01. The zero-order chi connectivity index (χ0) is 19.5. The quantitative estimate of drug-likeness (QED) is 0.307. The summed E-state index contributed by atoms with van der Waals surface area (Å²) in [7, 11) is 3.23. The second-order valence-corrected chi connectivity index (χ2v) is 5.97. The van der Waals surface area contributed by atoms with Crippen molar-refractivity contribution >= 4 is 17.4 Å². The topological polar surface area (TPSA) is 29.5 Å². The predicted molar refractivity (Wildman–Crippen MR) is 89.6 cm³/mol. The van der Waals surface area contributed by atoms with Gasteiger partial charge >= 0.3 is 6.18 Å². The van der Waals surface area contributed by atoms with Crippen LogP contribution in [0.3, 0.4) is 0 Å². The van der Waals surface area contributed by atoms with Crippen molar-refractivity contribution in [2.24, 2.45) is 0 Å². The van der Waals surface area contributed by atoms with Gasteiger partial charge in [0.1, 0.15) is 11.6 Å². The number of Topliss-reactive ketones (excluding diaryl/α,β-unsaturated/α-hetero) is 1. The van der Waals surface area contributed by atoms with E-state index in [1.54, 1.807) is 14.1 Å². The molecule has 0 spiro atoms. The molecule has 0 heterocycles. The highest BCUT2D eigenvalue weighted by Crippen LogP contribution is 2.31. The van der Waals surface area contributed by atoms with Crippen LogP contribution < -0.4 is 4.74 Å². The van der Waals surface area contributed by atoms with Gasteiger partial charge in [-0.3, -0.25) is 4.79 Å². The van der Waals surface area contributed by atoms with E-state index in [9.17, 15) is 22.4 Å². The van der Waals surface area contributed by atoms with Gasteiger partial charge in [-0.15, -0.1) is 0 Å². The van der Waals surface area contributed by atoms with Crippen LogP contribution >= 0.6 is 11.6 Å². The van der Waals surface area contributed by atoms with E-state index >= 15 is 0 Å². The number of alkyl halides is 3. The summed E-state index contributed by atoms with van der Waals surface area (Å²) in [5.41, 5.74) is -1.12. The average Bonchev–Trinajstić information content (AvgIpc) is 2.53. The molecule has 0 bridgehead atoms. The molecule has 0 aliphatic heterocycles. The zero-order valence-corrected chi connectivity index (χ0v) is 14.5. The van der Waals surface area contributed by atoms with Crippen LogP contribution in [0.2, 0.25) is 5.02 Å². The molecule has 2 rings (SSSR count). The number of ether oxygens (including phenoxy) is 1. The smallest absolute Gasteiger partial charge is 0.416 e. The summed E-state index contributed by atoms with van der Waals surface area (Å²) in [5.74, 6) is -1.85. The number of hydrogen-bond acceptors (Lipinski definition) is 3. The summed E-state index contributed by atoms with van der Waals surface area (Å²) < 4.78 is 57.2. The summed E-state index contributed by atoms with van der Waals surface area (Å²) >= 11 is 5.67. The molecule has 26 heavy (non-hydrogen) atoms. The summed E-state index contributed by atoms with van der Waals surface area (Å²) in [6, 6.07) is 7.37. The van der Waals surface area contributed by atoms with Gasteiger partial charge in [0, 0.05) is 25.3 Å². The molecule has 2 aromatic carbocycles. The number of nitrogens with zero attached hydrogens (tertiary/aromatic N) is 1. The highest BCUT2D eigenvalue weighted by Gasteiger charge is 2.30. The van der Waals surface area contributed by atoms with Crippen LogP contribution in [0.1, 0.15) is 15.9 Å². The molecule has 0 aromatic heterocycles. The number of halogens is 5. The standard InChI is InChI=1S/C18H14ClF4NO2/c1-24(2)10-16(17(25)14-8-5-12(19)9-15(14)20)26-13-6-3-11(4-7-13)18(21,22)23/h3-10H,1-2H3/b16-10+. The first kappa shape index (κ1) is 19.8. The molecular weight excluding hydrogens is 374 g/mol. The maximum atomic E-state index is 14.0. The van der Waals surface area contributed by atoms with Crippen LogP contribution in [0.5, 0.6) is 5.75 Å². The summed E-state index contributed by atoms with van der Waals surface area (Å²) in [6.07, 6.45) is -3.18. The van der Waals surface area contributed by atoms with Crippen LogP contribution in [-0.4, -0.2) is 24.8 Å². The average molecular weight is 388 g/mol. The maximum absolute atomic E-state index is 14.0. The van der Waals surface area contributed by atoms with Gasteiger partial charge < -0.3 is 9.64 Å². The fourth-order valence-corrected chi connectivity index (χ4v) is 2.17. The van der Waals surface area contributed by atoms with Crippen LogP contribution in [0.25, 0.3) is 0 Å². The lowest BCUT2D eigenvalue weighted by Gasteiger charge is -2.14. The minimum atomic E-state index is -4.48. The molecule has 0 N–H and O–H groups in total. The zero-order valence-electron chi connectivity index (χ0n) is 13.8. The molecule has 0 atom stereocenters. The first-order valence-electron chi connectivity index (χ1n) is 7.31. The first-order valence-corrected chi connectivity index (χ1v) is 7.69. The Bertz CT molecular complexity index is 830. The molecular formula is C18H14ClF4NO2. The molecule has 0 saturated carbocycles. The Morgan fingerprint density at radius 1 is 1.12 bits per heavy atom. The normalized spacial score (nSPS) is 12.0. The SMILES string of the molecule is CN(C)/C=C(/Oc1ccc(C(F)(F)F)cc1)C(=O)c1ccc(Cl)cc1F. The molecule has 138 valence electrons. The van der Waals surface area contributed by atoms with Gasteiger partial charge in [-0.2, -0.15) is 13.2 Å². The van der Waals surface area contributed by atoms with E-state index in [0.717, 1.165) is 30.3 Å². The van der Waals surface area contributed by atoms with Gasteiger partial charge in [0.25, 0.3) is 0 Å². The van der Waals surface area contributed by atoms with Crippen molar-refractivity contribution in [2.45, 2.75) is 6.18 Å². The van der Waals surface area contributed by atoms with Crippen molar-refractivity contribution in [2.75, 3.05) is 14.1 Å². The summed E-state index contributed by atoms with van der Waals surface area (Å²) in [5, 5.41) is 0.126.